The summed E-state index contributed by atoms with van der Waals surface area (Å²) in [6.07, 6.45) is 5.32. The first kappa shape index (κ1) is 7.48. The van der Waals surface area contributed by atoms with Crippen molar-refractivity contribution in [1.82, 2.24) is 9.97 Å². The second-order valence-corrected chi connectivity index (χ2v) is 2.47. The van der Waals surface area contributed by atoms with E-state index in [9.17, 15) is 0 Å². The van der Waals surface area contributed by atoms with Crippen LogP contribution < -0.4 is 0 Å². The van der Waals surface area contributed by atoms with Crippen molar-refractivity contribution in [2.24, 2.45) is 0 Å². The third-order valence-corrected chi connectivity index (χ3v) is 1.34. The zero-order chi connectivity index (χ0) is 7.40. The summed E-state index contributed by atoms with van der Waals surface area (Å²) < 4.78 is 0. The predicted octanol–water partition coefficient (Wildman–Crippen LogP) is 2.08. The minimum absolute atomic E-state index is 0.478. The highest BCUT2D eigenvalue weighted by atomic mass is 35.5. The molecular formula is C7H9ClN2. The monoisotopic (exact) mass is 156 g/mol. The molecule has 0 aliphatic carbocycles. The van der Waals surface area contributed by atoms with Crippen molar-refractivity contribution in [3.63, 3.8) is 0 Å². The summed E-state index contributed by atoms with van der Waals surface area (Å²) in [5.74, 6) is 0. The molecule has 0 aliphatic rings. The molecule has 1 aromatic heterocycles. The van der Waals surface area contributed by atoms with Gasteiger partial charge in [-0.3, -0.25) is 4.98 Å². The number of aromatic nitrogens is 2. The smallest absolute Gasteiger partial charge is 0.147 e. The number of nitrogens with zero attached hydrogens (tertiary/aromatic N) is 2. The first-order valence-electron chi connectivity index (χ1n) is 3.29. The Morgan fingerprint density at radius 1 is 1.50 bits per heavy atom. The van der Waals surface area contributed by atoms with E-state index in [1.807, 2.05) is 0 Å². The van der Waals surface area contributed by atoms with Gasteiger partial charge < -0.3 is 0 Å². The van der Waals surface area contributed by atoms with E-state index in [-0.39, 0.29) is 0 Å². The van der Waals surface area contributed by atoms with Crippen LogP contribution in [0.25, 0.3) is 0 Å². The van der Waals surface area contributed by atoms with E-state index in [0.717, 1.165) is 18.5 Å². The molecule has 54 valence electrons. The van der Waals surface area contributed by atoms with Crippen LogP contribution in [0.15, 0.2) is 12.4 Å². The summed E-state index contributed by atoms with van der Waals surface area (Å²) >= 11 is 5.61. The molecule has 10 heavy (non-hydrogen) atoms. The number of aryl methyl sites for hydroxylation is 1. The summed E-state index contributed by atoms with van der Waals surface area (Å²) in [5, 5.41) is 0.478. The Bertz CT molecular complexity index is 213. The highest BCUT2D eigenvalue weighted by Gasteiger charge is 1.93. The first-order valence-corrected chi connectivity index (χ1v) is 3.67. The highest BCUT2D eigenvalue weighted by Crippen LogP contribution is 2.03. The maximum Gasteiger partial charge on any atom is 0.147 e. The van der Waals surface area contributed by atoms with Gasteiger partial charge in [-0.15, -0.1) is 0 Å². The van der Waals surface area contributed by atoms with Gasteiger partial charge >= 0.3 is 0 Å². The minimum atomic E-state index is 0.478. The number of halogens is 1. The van der Waals surface area contributed by atoms with E-state index < -0.39 is 0 Å². The Hall–Kier alpha value is -0.630. The SMILES string of the molecule is CCCc1cncc(Cl)n1. The maximum absolute atomic E-state index is 5.61. The van der Waals surface area contributed by atoms with Gasteiger partial charge in [0.05, 0.1) is 11.9 Å². The molecule has 0 aliphatic heterocycles. The van der Waals surface area contributed by atoms with Gasteiger partial charge in [0.1, 0.15) is 5.15 Å². The van der Waals surface area contributed by atoms with E-state index in [1.54, 1.807) is 12.4 Å². The Morgan fingerprint density at radius 2 is 2.30 bits per heavy atom. The molecule has 0 saturated heterocycles. The topological polar surface area (TPSA) is 25.8 Å². The Balaban J connectivity index is 2.75. The number of hydrogen-bond donors (Lipinski definition) is 0. The van der Waals surface area contributed by atoms with Crippen LogP contribution in [-0.2, 0) is 6.42 Å². The second-order valence-electron chi connectivity index (χ2n) is 2.08. The molecule has 0 amide bonds. The molecule has 0 spiro atoms. The summed E-state index contributed by atoms with van der Waals surface area (Å²) in [5.41, 5.74) is 0.968. The van der Waals surface area contributed by atoms with Crippen LogP contribution in [0.3, 0.4) is 0 Å². The van der Waals surface area contributed by atoms with Gasteiger partial charge in [-0.25, -0.2) is 4.98 Å². The first-order chi connectivity index (χ1) is 4.83. The van der Waals surface area contributed by atoms with E-state index in [1.165, 1.54) is 0 Å². The molecule has 1 rings (SSSR count). The molecule has 0 radical (unpaired) electrons. The zero-order valence-electron chi connectivity index (χ0n) is 5.84. The summed E-state index contributed by atoms with van der Waals surface area (Å²) in [6, 6.07) is 0. The van der Waals surface area contributed by atoms with Crippen molar-refractivity contribution < 1.29 is 0 Å². The molecule has 0 fully saturated rings. The van der Waals surface area contributed by atoms with Crippen LogP contribution in [0, 0.1) is 0 Å². The fourth-order valence-electron chi connectivity index (χ4n) is 0.756. The molecule has 0 N–H and O–H groups in total. The molecule has 2 nitrogen and oxygen atoms in total. The molecule has 0 bridgehead atoms. The zero-order valence-corrected chi connectivity index (χ0v) is 6.60. The lowest BCUT2D eigenvalue weighted by molar-refractivity contribution is 0.871. The molecular weight excluding hydrogens is 148 g/mol. The molecule has 1 heterocycles. The highest BCUT2D eigenvalue weighted by molar-refractivity contribution is 6.29. The molecule has 0 aromatic carbocycles. The lowest BCUT2D eigenvalue weighted by Crippen LogP contribution is -1.89. The second kappa shape index (κ2) is 3.52. The van der Waals surface area contributed by atoms with Gasteiger partial charge in [0, 0.05) is 6.20 Å². The van der Waals surface area contributed by atoms with Gasteiger partial charge in [-0.05, 0) is 6.42 Å². The molecule has 1 aromatic rings. The Morgan fingerprint density at radius 3 is 2.90 bits per heavy atom. The Kier molecular flexibility index (Phi) is 2.63. The van der Waals surface area contributed by atoms with Gasteiger partial charge in [-0.2, -0.15) is 0 Å². The molecule has 3 heteroatoms. The van der Waals surface area contributed by atoms with Gasteiger partial charge in [-0.1, -0.05) is 24.9 Å². The minimum Gasteiger partial charge on any atom is -0.260 e. The van der Waals surface area contributed by atoms with E-state index in [4.69, 9.17) is 11.6 Å². The quantitative estimate of drug-likeness (QED) is 0.655. The van der Waals surface area contributed by atoms with Crippen molar-refractivity contribution in [1.29, 1.82) is 0 Å². The summed E-state index contributed by atoms with van der Waals surface area (Å²) in [7, 11) is 0. The van der Waals surface area contributed by atoms with Crippen molar-refractivity contribution >= 4 is 11.6 Å². The van der Waals surface area contributed by atoms with Crippen molar-refractivity contribution in [3.05, 3.63) is 23.2 Å². The van der Waals surface area contributed by atoms with Crippen LogP contribution in [0.5, 0.6) is 0 Å². The third-order valence-electron chi connectivity index (χ3n) is 1.16. The third kappa shape index (κ3) is 1.95. The van der Waals surface area contributed by atoms with Crippen LogP contribution >= 0.6 is 11.6 Å². The predicted molar refractivity (Wildman–Crippen MR) is 41.0 cm³/mol. The fraction of sp³-hybridized carbons (Fsp3) is 0.429. The number of hydrogen-bond acceptors (Lipinski definition) is 2. The van der Waals surface area contributed by atoms with Gasteiger partial charge in [0.2, 0.25) is 0 Å². The fourth-order valence-corrected chi connectivity index (χ4v) is 0.921. The molecule has 0 unspecified atom stereocenters. The Labute approximate surface area is 65.3 Å². The van der Waals surface area contributed by atoms with Crippen LogP contribution in [0.4, 0.5) is 0 Å². The summed E-state index contributed by atoms with van der Waals surface area (Å²) in [6.45, 7) is 2.10. The average molecular weight is 157 g/mol. The molecule has 0 saturated carbocycles. The summed E-state index contributed by atoms with van der Waals surface area (Å²) in [4.78, 5) is 7.97. The van der Waals surface area contributed by atoms with Crippen LogP contribution in [0.2, 0.25) is 5.15 Å². The van der Waals surface area contributed by atoms with Crippen molar-refractivity contribution in [2.45, 2.75) is 19.8 Å². The van der Waals surface area contributed by atoms with Crippen LogP contribution in [0.1, 0.15) is 19.0 Å². The lowest BCUT2D eigenvalue weighted by Gasteiger charge is -1.94. The normalized spacial score (nSPS) is 9.80. The van der Waals surface area contributed by atoms with Gasteiger partial charge in [0.15, 0.2) is 0 Å². The van der Waals surface area contributed by atoms with Gasteiger partial charge in [0.25, 0.3) is 0 Å². The maximum atomic E-state index is 5.61. The standard InChI is InChI=1S/C7H9ClN2/c1-2-3-6-4-9-5-7(8)10-6/h4-5H,2-3H2,1H3. The van der Waals surface area contributed by atoms with Crippen molar-refractivity contribution in [2.75, 3.05) is 0 Å². The van der Waals surface area contributed by atoms with Crippen molar-refractivity contribution in [3.8, 4) is 0 Å². The largest absolute Gasteiger partial charge is 0.260 e. The average Bonchev–Trinajstić information content (AvgIpc) is 1.88. The number of rotatable bonds is 2. The lowest BCUT2D eigenvalue weighted by atomic mass is 10.3. The van der Waals surface area contributed by atoms with Crippen LogP contribution in [-0.4, -0.2) is 9.97 Å². The van der Waals surface area contributed by atoms with E-state index in [2.05, 4.69) is 16.9 Å². The molecule has 0 atom stereocenters. The van der Waals surface area contributed by atoms with E-state index in [0.29, 0.717) is 5.15 Å². The van der Waals surface area contributed by atoms with E-state index >= 15 is 0 Å².